The molecule has 6 nitrogen and oxygen atoms in total. The van der Waals surface area contributed by atoms with Gasteiger partial charge in [-0.15, -0.1) is 0 Å². The van der Waals surface area contributed by atoms with Crippen LogP contribution >= 0.6 is 0 Å². The molecular weight excluding hydrogens is 208 g/mol. The van der Waals surface area contributed by atoms with E-state index >= 15 is 0 Å². The third-order valence-electron chi connectivity index (χ3n) is 2.83. The summed E-state index contributed by atoms with van der Waals surface area (Å²) in [5.41, 5.74) is 1.30. The first kappa shape index (κ1) is 10.5. The van der Waals surface area contributed by atoms with Gasteiger partial charge in [0, 0.05) is 27.3 Å². The van der Waals surface area contributed by atoms with Gasteiger partial charge in [-0.3, -0.25) is 19.0 Å². The Labute approximate surface area is 92.0 Å². The molecule has 0 atom stereocenters. The number of aromatic nitrogens is 3. The number of hydrogen-bond acceptors (Lipinski definition) is 2. The topological polar surface area (TPSA) is 61.0 Å². The molecule has 0 saturated heterocycles. The minimum Gasteiger partial charge on any atom is -0.358 e. The van der Waals surface area contributed by atoms with Crippen molar-refractivity contribution in [3.63, 3.8) is 0 Å². The second-order valence-corrected chi connectivity index (χ2v) is 3.70. The van der Waals surface area contributed by atoms with Crippen LogP contribution in [0.2, 0.25) is 0 Å². The first-order valence-corrected chi connectivity index (χ1v) is 4.97. The Morgan fingerprint density at radius 2 is 2.06 bits per heavy atom. The summed E-state index contributed by atoms with van der Waals surface area (Å²) in [5, 5.41) is 2.53. The van der Waals surface area contributed by atoms with Crippen LogP contribution in [0.3, 0.4) is 0 Å². The number of hydrogen-bond donors (Lipinski definition) is 1. The highest BCUT2D eigenvalue weighted by Gasteiger charge is 2.13. The van der Waals surface area contributed by atoms with Gasteiger partial charge in [0.05, 0.1) is 5.52 Å². The molecule has 0 unspecified atom stereocenters. The van der Waals surface area contributed by atoms with Gasteiger partial charge in [-0.1, -0.05) is 0 Å². The quantitative estimate of drug-likeness (QED) is 0.739. The number of likely N-dealkylation sites (N-methyl/N-ethyl adjacent to an activating group) is 1. The smallest absolute Gasteiger partial charge is 0.290 e. The summed E-state index contributed by atoms with van der Waals surface area (Å²) in [4.78, 5) is 23.2. The highest BCUT2D eigenvalue weighted by molar-refractivity contribution is 5.80. The Kier molecular flexibility index (Phi) is 2.34. The standard InChI is InChI=1S/C10H14N4O2/c1-11-8(15)6-14-5-4-7-9(14)10(16)13(3)12(7)2/h4-5H,6H2,1-3H3,(H,11,15). The fourth-order valence-corrected chi connectivity index (χ4v) is 1.77. The van der Waals surface area contributed by atoms with E-state index in [1.54, 1.807) is 29.5 Å². The fourth-order valence-electron chi connectivity index (χ4n) is 1.77. The average Bonchev–Trinajstić information content (AvgIpc) is 2.77. The summed E-state index contributed by atoms with van der Waals surface area (Å²) in [6.07, 6.45) is 1.75. The molecule has 0 aromatic carbocycles. The molecule has 1 amide bonds. The third-order valence-corrected chi connectivity index (χ3v) is 2.83. The van der Waals surface area contributed by atoms with E-state index in [9.17, 15) is 9.59 Å². The molecule has 0 aliphatic carbocycles. The van der Waals surface area contributed by atoms with Crippen LogP contribution in [0.1, 0.15) is 0 Å². The molecule has 0 saturated carbocycles. The monoisotopic (exact) mass is 222 g/mol. The van der Waals surface area contributed by atoms with E-state index in [-0.39, 0.29) is 18.0 Å². The van der Waals surface area contributed by atoms with Gasteiger partial charge >= 0.3 is 0 Å². The van der Waals surface area contributed by atoms with Crippen molar-refractivity contribution in [3.05, 3.63) is 22.6 Å². The van der Waals surface area contributed by atoms with Gasteiger partial charge in [0.2, 0.25) is 5.91 Å². The Balaban J connectivity index is 2.60. The lowest BCUT2D eigenvalue weighted by molar-refractivity contribution is -0.121. The normalized spacial score (nSPS) is 10.9. The molecule has 2 aromatic heterocycles. The van der Waals surface area contributed by atoms with Crippen LogP contribution in [0.4, 0.5) is 0 Å². The molecule has 2 heterocycles. The molecule has 2 aromatic rings. The van der Waals surface area contributed by atoms with Gasteiger partial charge < -0.3 is 9.88 Å². The molecule has 6 heteroatoms. The first-order chi connectivity index (χ1) is 7.56. The number of fused-ring (bicyclic) bond motifs is 1. The summed E-state index contributed by atoms with van der Waals surface area (Å²) in [7, 11) is 5.09. The molecule has 0 radical (unpaired) electrons. The van der Waals surface area contributed by atoms with Gasteiger partial charge in [-0.2, -0.15) is 0 Å². The predicted molar refractivity (Wildman–Crippen MR) is 60.2 cm³/mol. The lowest BCUT2D eigenvalue weighted by Gasteiger charge is -2.01. The number of carbonyl (C=O) groups is 1. The molecule has 0 fully saturated rings. The highest BCUT2D eigenvalue weighted by atomic mass is 16.2. The van der Waals surface area contributed by atoms with Crippen LogP contribution in [0.5, 0.6) is 0 Å². The zero-order chi connectivity index (χ0) is 11.9. The lowest BCUT2D eigenvalue weighted by Crippen LogP contribution is -2.25. The molecule has 1 N–H and O–H groups in total. The van der Waals surface area contributed by atoms with E-state index in [0.717, 1.165) is 5.52 Å². The Bertz CT molecular complexity index is 602. The van der Waals surface area contributed by atoms with E-state index in [2.05, 4.69) is 5.32 Å². The predicted octanol–water partition coefficient (Wildman–Crippen LogP) is -0.576. The van der Waals surface area contributed by atoms with E-state index in [4.69, 9.17) is 0 Å². The van der Waals surface area contributed by atoms with Crippen molar-refractivity contribution in [2.24, 2.45) is 14.1 Å². The highest BCUT2D eigenvalue weighted by Crippen LogP contribution is 2.11. The summed E-state index contributed by atoms with van der Waals surface area (Å²) in [6, 6.07) is 1.83. The summed E-state index contributed by atoms with van der Waals surface area (Å²) < 4.78 is 4.94. The fraction of sp³-hybridized carbons (Fsp3) is 0.400. The minimum absolute atomic E-state index is 0.0913. The number of nitrogens with zero attached hydrogens (tertiary/aromatic N) is 3. The zero-order valence-corrected chi connectivity index (χ0v) is 9.52. The number of amides is 1. The van der Waals surface area contributed by atoms with Crippen molar-refractivity contribution >= 4 is 16.9 Å². The molecule has 16 heavy (non-hydrogen) atoms. The summed E-state index contributed by atoms with van der Waals surface area (Å²) in [5.74, 6) is -0.122. The van der Waals surface area contributed by atoms with Crippen molar-refractivity contribution in [1.82, 2.24) is 19.2 Å². The van der Waals surface area contributed by atoms with Crippen LogP contribution < -0.4 is 10.9 Å². The van der Waals surface area contributed by atoms with E-state index < -0.39 is 0 Å². The van der Waals surface area contributed by atoms with E-state index in [1.165, 1.54) is 4.68 Å². The molecule has 0 aliphatic heterocycles. The number of nitrogens with one attached hydrogen (secondary N) is 1. The number of carbonyl (C=O) groups excluding carboxylic acids is 1. The van der Waals surface area contributed by atoms with Gasteiger partial charge in [0.15, 0.2) is 0 Å². The molecule has 0 spiro atoms. The van der Waals surface area contributed by atoms with E-state index in [0.29, 0.717) is 5.52 Å². The maximum absolute atomic E-state index is 11.9. The Hall–Kier alpha value is -1.98. The maximum atomic E-state index is 11.9. The molecule has 0 bridgehead atoms. The molecule has 0 aliphatic rings. The first-order valence-electron chi connectivity index (χ1n) is 4.97. The van der Waals surface area contributed by atoms with Crippen LogP contribution in [0.25, 0.3) is 11.0 Å². The lowest BCUT2D eigenvalue weighted by atomic mass is 10.5. The van der Waals surface area contributed by atoms with Gasteiger partial charge in [-0.25, -0.2) is 0 Å². The second kappa shape index (κ2) is 3.55. The number of aryl methyl sites for hydroxylation is 1. The van der Waals surface area contributed by atoms with Crippen LogP contribution in [0.15, 0.2) is 17.1 Å². The maximum Gasteiger partial charge on any atom is 0.290 e. The van der Waals surface area contributed by atoms with E-state index in [1.807, 2.05) is 13.1 Å². The summed E-state index contributed by atoms with van der Waals surface area (Å²) >= 11 is 0. The third kappa shape index (κ3) is 1.34. The van der Waals surface area contributed by atoms with Gasteiger partial charge in [0.1, 0.15) is 12.1 Å². The average molecular weight is 222 g/mol. The van der Waals surface area contributed by atoms with Crippen molar-refractivity contribution < 1.29 is 4.79 Å². The van der Waals surface area contributed by atoms with Crippen molar-refractivity contribution in [3.8, 4) is 0 Å². The van der Waals surface area contributed by atoms with Crippen LogP contribution in [-0.2, 0) is 25.4 Å². The zero-order valence-electron chi connectivity index (χ0n) is 9.52. The SMILES string of the molecule is CNC(=O)Cn1ccc2c1c(=O)n(C)n2C. The minimum atomic E-state index is -0.122. The van der Waals surface area contributed by atoms with Crippen molar-refractivity contribution in [2.45, 2.75) is 6.54 Å². The largest absolute Gasteiger partial charge is 0.358 e. The summed E-state index contributed by atoms with van der Waals surface area (Å²) in [6.45, 7) is 0.166. The van der Waals surface area contributed by atoms with Crippen LogP contribution in [0, 0.1) is 0 Å². The molecule has 2 rings (SSSR count). The van der Waals surface area contributed by atoms with Crippen molar-refractivity contribution in [1.29, 1.82) is 0 Å². The van der Waals surface area contributed by atoms with Gasteiger partial charge in [-0.05, 0) is 6.07 Å². The van der Waals surface area contributed by atoms with Gasteiger partial charge in [0.25, 0.3) is 5.56 Å². The van der Waals surface area contributed by atoms with Crippen LogP contribution in [-0.4, -0.2) is 26.9 Å². The van der Waals surface area contributed by atoms with Crippen molar-refractivity contribution in [2.75, 3.05) is 7.05 Å². The Morgan fingerprint density at radius 3 is 2.69 bits per heavy atom. The Morgan fingerprint density at radius 1 is 1.38 bits per heavy atom. The molecular formula is C10H14N4O2. The second-order valence-electron chi connectivity index (χ2n) is 3.70. The molecule has 86 valence electrons. The number of rotatable bonds is 2.